The van der Waals surface area contributed by atoms with Crippen molar-refractivity contribution in [1.82, 2.24) is 20.0 Å². The molecule has 0 spiro atoms. The average Bonchev–Trinajstić information content (AvgIpc) is 3.15. The summed E-state index contributed by atoms with van der Waals surface area (Å²) in [5.41, 5.74) is 3.28. The van der Waals surface area contributed by atoms with Gasteiger partial charge in [0.1, 0.15) is 0 Å². The lowest BCUT2D eigenvalue weighted by Gasteiger charge is -2.24. The monoisotopic (exact) mass is 348 g/mol. The van der Waals surface area contributed by atoms with Gasteiger partial charge in [-0.05, 0) is 39.0 Å². The number of amides is 1. The average molecular weight is 348 g/mol. The lowest BCUT2D eigenvalue weighted by molar-refractivity contribution is -0.132. The molecule has 0 unspecified atom stereocenters. The lowest BCUT2D eigenvalue weighted by Crippen LogP contribution is -2.43. The molecule has 25 heavy (non-hydrogen) atoms. The minimum absolute atomic E-state index is 0.0118. The number of aryl methyl sites for hydroxylation is 1. The predicted molar refractivity (Wildman–Crippen MR) is 97.3 cm³/mol. The van der Waals surface area contributed by atoms with Crippen molar-refractivity contribution in [2.24, 2.45) is 5.92 Å². The number of methoxy groups -OCH3 is 1. The molecule has 6 nitrogen and oxygen atoms in total. The van der Waals surface area contributed by atoms with Gasteiger partial charge in [0.2, 0.25) is 5.91 Å². The molecular weight excluding hydrogens is 316 g/mol. The van der Waals surface area contributed by atoms with Crippen molar-refractivity contribution in [1.29, 1.82) is 0 Å². The number of hydrogen-bond acceptors (Lipinski definition) is 4. The number of fused-ring (bicyclic) bond motifs is 1. The second kappa shape index (κ2) is 7.87. The molecule has 1 aliphatic carbocycles. The number of carbonyl (C=O) groups is 1. The molecule has 0 aromatic carbocycles. The van der Waals surface area contributed by atoms with Crippen LogP contribution in [0.15, 0.2) is 0 Å². The first-order chi connectivity index (χ1) is 12.0. The van der Waals surface area contributed by atoms with E-state index >= 15 is 0 Å². The first kappa shape index (κ1) is 18.4. The molecule has 3 atom stereocenters. The predicted octanol–water partition coefficient (Wildman–Crippen LogP) is 2.03. The highest BCUT2D eigenvalue weighted by Crippen LogP contribution is 2.33. The normalized spacial score (nSPS) is 25.8. The molecule has 1 aromatic heterocycles. The van der Waals surface area contributed by atoms with Gasteiger partial charge in [0.25, 0.3) is 0 Å². The fourth-order valence-electron chi connectivity index (χ4n) is 4.45. The summed E-state index contributed by atoms with van der Waals surface area (Å²) in [5.74, 6) is 0.911. The SMILES string of the molecule is COCCn1nc(C)c(CN(C)C(=O)[C@@H]2C[C@H]3CCCC[C@@H]3N2)c1C. The summed E-state index contributed by atoms with van der Waals surface area (Å²) >= 11 is 0. The third-order valence-electron chi connectivity index (χ3n) is 5.97. The van der Waals surface area contributed by atoms with Crippen LogP contribution in [0.3, 0.4) is 0 Å². The number of aromatic nitrogens is 2. The number of hydrogen-bond donors (Lipinski definition) is 1. The van der Waals surface area contributed by atoms with Crippen molar-refractivity contribution >= 4 is 5.91 Å². The first-order valence-electron chi connectivity index (χ1n) is 9.54. The van der Waals surface area contributed by atoms with Crippen LogP contribution in [0.2, 0.25) is 0 Å². The zero-order valence-corrected chi connectivity index (χ0v) is 16.0. The van der Waals surface area contributed by atoms with Crippen molar-refractivity contribution in [3.8, 4) is 0 Å². The maximum absolute atomic E-state index is 12.9. The van der Waals surface area contributed by atoms with Gasteiger partial charge in [0.05, 0.1) is 24.9 Å². The van der Waals surface area contributed by atoms with Crippen molar-refractivity contribution in [3.63, 3.8) is 0 Å². The van der Waals surface area contributed by atoms with E-state index in [2.05, 4.69) is 17.3 Å². The van der Waals surface area contributed by atoms with Crippen LogP contribution >= 0.6 is 0 Å². The fraction of sp³-hybridized carbons (Fsp3) is 0.789. The van der Waals surface area contributed by atoms with Crippen LogP contribution in [0, 0.1) is 19.8 Å². The van der Waals surface area contributed by atoms with Crippen molar-refractivity contribution in [2.45, 2.75) is 71.1 Å². The molecule has 3 rings (SSSR count). The van der Waals surface area contributed by atoms with Gasteiger partial charge in [0, 0.05) is 38.0 Å². The van der Waals surface area contributed by atoms with Crippen molar-refractivity contribution in [3.05, 3.63) is 17.0 Å². The number of ether oxygens (including phenoxy) is 1. The van der Waals surface area contributed by atoms with Gasteiger partial charge in [-0.1, -0.05) is 12.8 Å². The van der Waals surface area contributed by atoms with Crippen LogP contribution in [0.4, 0.5) is 0 Å². The van der Waals surface area contributed by atoms with Gasteiger partial charge in [-0.15, -0.1) is 0 Å². The Morgan fingerprint density at radius 2 is 2.12 bits per heavy atom. The van der Waals surface area contributed by atoms with Crippen molar-refractivity contribution in [2.75, 3.05) is 20.8 Å². The van der Waals surface area contributed by atoms with E-state index in [-0.39, 0.29) is 11.9 Å². The number of nitrogens with zero attached hydrogens (tertiary/aromatic N) is 3. The molecule has 6 heteroatoms. The first-order valence-corrected chi connectivity index (χ1v) is 9.54. The number of nitrogens with one attached hydrogen (secondary N) is 1. The molecule has 0 bridgehead atoms. The molecule has 0 radical (unpaired) electrons. The van der Waals surface area contributed by atoms with Crippen molar-refractivity contribution < 1.29 is 9.53 Å². The van der Waals surface area contributed by atoms with Crippen LogP contribution in [0.25, 0.3) is 0 Å². The van der Waals surface area contributed by atoms with Gasteiger partial charge in [0.15, 0.2) is 0 Å². The molecule has 1 amide bonds. The highest BCUT2D eigenvalue weighted by molar-refractivity contribution is 5.82. The van der Waals surface area contributed by atoms with Gasteiger partial charge < -0.3 is 15.0 Å². The van der Waals surface area contributed by atoms with Gasteiger partial charge in [-0.2, -0.15) is 5.10 Å². The summed E-state index contributed by atoms with van der Waals surface area (Å²) in [4.78, 5) is 14.8. The zero-order chi connectivity index (χ0) is 18.0. The maximum atomic E-state index is 12.9. The maximum Gasteiger partial charge on any atom is 0.239 e. The Hall–Kier alpha value is -1.40. The molecule has 2 aliphatic rings. The van der Waals surface area contributed by atoms with Crippen LogP contribution in [0.5, 0.6) is 0 Å². The van der Waals surface area contributed by atoms with Crippen LogP contribution in [-0.4, -0.2) is 53.4 Å². The smallest absolute Gasteiger partial charge is 0.239 e. The van der Waals surface area contributed by atoms with E-state index in [1.54, 1.807) is 7.11 Å². The molecule has 1 aliphatic heterocycles. The standard InChI is InChI=1S/C19H32N4O2/c1-13-16(14(2)23(21-13)9-10-25-4)12-22(3)19(24)18-11-15-7-5-6-8-17(15)20-18/h15,17-18,20H,5-12H2,1-4H3/t15-,17+,18+/m1/s1. The number of carbonyl (C=O) groups excluding carboxylic acids is 1. The van der Waals surface area contributed by atoms with E-state index in [1.807, 2.05) is 23.6 Å². The molecular formula is C19H32N4O2. The quantitative estimate of drug-likeness (QED) is 0.854. The Balaban J connectivity index is 1.63. The van der Waals surface area contributed by atoms with E-state index in [0.717, 1.165) is 29.9 Å². The Morgan fingerprint density at radius 3 is 2.84 bits per heavy atom. The molecule has 1 N–H and O–H groups in total. The summed E-state index contributed by atoms with van der Waals surface area (Å²) < 4.78 is 7.13. The van der Waals surface area contributed by atoms with Gasteiger partial charge >= 0.3 is 0 Å². The van der Waals surface area contributed by atoms with E-state index in [0.29, 0.717) is 25.1 Å². The van der Waals surface area contributed by atoms with Gasteiger partial charge in [-0.25, -0.2) is 0 Å². The lowest BCUT2D eigenvalue weighted by atomic mass is 9.85. The topological polar surface area (TPSA) is 59.4 Å². The number of rotatable bonds is 6. The summed E-state index contributed by atoms with van der Waals surface area (Å²) in [7, 11) is 3.61. The third kappa shape index (κ3) is 3.90. The second-order valence-corrected chi connectivity index (χ2v) is 7.67. The minimum Gasteiger partial charge on any atom is -0.383 e. The summed E-state index contributed by atoms with van der Waals surface area (Å²) in [6.45, 7) is 6.11. The molecule has 2 heterocycles. The molecule has 2 fully saturated rings. The summed E-state index contributed by atoms with van der Waals surface area (Å²) in [5, 5.41) is 8.19. The Kier molecular flexibility index (Phi) is 5.79. The Morgan fingerprint density at radius 1 is 1.36 bits per heavy atom. The number of likely N-dealkylation sites (N-methyl/N-ethyl adjacent to an activating group) is 1. The summed E-state index contributed by atoms with van der Waals surface area (Å²) in [6.07, 6.45) is 6.11. The zero-order valence-electron chi connectivity index (χ0n) is 16.0. The highest BCUT2D eigenvalue weighted by atomic mass is 16.5. The van der Waals surface area contributed by atoms with E-state index in [9.17, 15) is 4.79 Å². The van der Waals surface area contributed by atoms with Gasteiger partial charge in [-0.3, -0.25) is 9.48 Å². The van der Waals surface area contributed by atoms with E-state index in [1.165, 1.54) is 25.7 Å². The second-order valence-electron chi connectivity index (χ2n) is 7.67. The van der Waals surface area contributed by atoms with Crippen LogP contribution in [-0.2, 0) is 22.6 Å². The van der Waals surface area contributed by atoms with Crippen LogP contribution < -0.4 is 5.32 Å². The Labute approximate surface area is 150 Å². The third-order valence-corrected chi connectivity index (χ3v) is 5.97. The molecule has 1 saturated heterocycles. The van der Waals surface area contributed by atoms with E-state index in [4.69, 9.17) is 4.74 Å². The van der Waals surface area contributed by atoms with Crippen LogP contribution in [0.1, 0.15) is 49.1 Å². The largest absolute Gasteiger partial charge is 0.383 e. The van der Waals surface area contributed by atoms with E-state index < -0.39 is 0 Å². The molecule has 1 aromatic rings. The molecule has 1 saturated carbocycles. The fourth-order valence-corrected chi connectivity index (χ4v) is 4.45. The minimum atomic E-state index is -0.0118. The molecule has 140 valence electrons. The summed E-state index contributed by atoms with van der Waals surface area (Å²) in [6, 6.07) is 0.540. The Bertz CT molecular complexity index is 599. The highest BCUT2D eigenvalue weighted by Gasteiger charge is 2.39.